The summed E-state index contributed by atoms with van der Waals surface area (Å²) in [7, 11) is 0. The summed E-state index contributed by atoms with van der Waals surface area (Å²) < 4.78 is 10.7. The van der Waals surface area contributed by atoms with E-state index in [0.29, 0.717) is 5.69 Å². The largest absolute Gasteiger partial charge is 0.460 e. The van der Waals surface area contributed by atoms with Gasteiger partial charge in [0, 0.05) is 22.9 Å². The van der Waals surface area contributed by atoms with Crippen molar-refractivity contribution in [2.75, 3.05) is 13.2 Å². The van der Waals surface area contributed by atoms with Crippen LogP contribution in [-0.2, 0) is 20.7 Å². The van der Waals surface area contributed by atoms with Crippen molar-refractivity contribution in [2.45, 2.75) is 18.4 Å². The summed E-state index contributed by atoms with van der Waals surface area (Å²) >= 11 is 0. The fourth-order valence-electron chi connectivity index (χ4n) is 4.20. The van der Waals surface area contributed by atoms with Gasteiger partial charge in [-0.05, 0) is 33.3 Å². The summed E-state index contributed by atoms with van der Waals surface area (Å²) in [4.78, 5) is 28.1. The Hall–Kier alpha value is -4.55. The van der Waals surface area contributed by atoms with Gasteiger partial charge in [-0.2, -0.15) is 0 Å². The van der Waals surface area contributed by atoms with Crippen LogP contribution < -0.4 is 5.32 Å². The average Bonchev–Trinajstić information content (AvgIpc) is 3.20. The van der Waals surface area contributed by atoms with E-state index in [4.69, 9.17) is 15.0 Å². The first-order valence-corrected chi connectivity index (χ1v) is 11.1. The van der Waals surface area contributed by atoms with Crippen LogP contribution in [0.2, 0.25) is 0 Å². The van der Waals surface area contributed by atoms with Gasteiger partial charge < -0.3 is 14.8 Å². The van der Waals surface area contributed by atoms with Gasteiger partial charge in [-0.25, -0.2) is 9.59 Å². The molecule has 0 radical (unpaired) electrons. The minimum Gasteiger partial charge on any atom is -0.460 e. The molecule has 1 amide bonds. The number of nitrogens with one attached hydrogen (secondary N) is 1. The second-order valence-electron chi connectivity index (χ2n) is 8.00. The molecule has 8 nitrogen and oxygen atoms in total. The number of azide groups is 1. The topological polar surface area (TPSA) is 113 Å². The summed E-state index contributed by atoms with van der Waals surface area (Å²) in [5, 5.41) is 6.17. The Kier molecular flexibility index (Phi) is 7.45. The summed E-state index contributed by atoms with van der Waals surface area (Å²) in [5.74, 6) is -0.690. The van der Waals surface area contributed by atoms with Crippen LogP contribution in [0.4, 0.5) is 10.5 Å². The van der Waals surface area contributed by atoms with Gasteiger partial charge in [0.25, 0.3) is 0 Å². The lowest BCUT2D eigenvalue weighted by molar-refractivity contribution is -0.144. The van der Waals surface area contributed by atoms with Crippen molar-refractivity contribution in [3.05, 3.63) is 113 Å². The molecule has 176 valence electrons. The number of nitrogens with zero attached hydrogens (tertiary/aromatic N) is 3. The normalized spacial score (nSPS) is 12.5. The fourth-order valence-corrected chi connectivity index (χ4v) is 4.20. The van der Waals surface area contributed by atoms with Crippen molar-refractivity contribution in [3.8, 4) is 11.1 Å². The molecule has 0 aromatic heterocycles. The van der Waals surface area contributed by atoms with Gasteiger partial charge in [0.15, 0.2) is 0 Å². The number of esters is 1. The zero-order valence-corrected chi connectivity index (χ0v) is 19.0. The van der Waals surface area contributed by atoms with Crippen LogP contribution in [0.25, 0.3) is 21.6 Å². The molecule has 0 fully saturated rings. The first-order chi connectivity index (χ1) is 17.1. The van der Waals surface area contributed by atoms with Crippen LogP contribution in [0.1, 0.15) is 22.6 Å². The maximum absolute atomic E-state index is 12.7. The first-order valence-electron chi connectivity index (χ1n) is 11.1. The molecule has 0 saturated carbocycles. The molecule has 35 heavy (non-hydrogen) atoms. The number of carbonyl (C=O) groups excluding carboxylic acids is 2. The van der Waals surface area contributed by atoms with Gasteiger partial charge in [0.1, 0.15) is 19.3 Å². The Labute approximate surface area is 202 Å². The highest BCUT2D eigenvalue weighted by molar-refractivity contribution is 5.82. The van der Waals surface area contributed by atoms with E-state index < -0.39 is 18.1 Å². The van der Waals surface area contributed by atoms with Crippen LogP contribution in [0.3, 0.4) is 0 Å². The van der Waals surface area contributed by atoms with Gasteiger partial charge >= 0.3 is 12.1 Å². The van der Waals surface area contributed by atoms with Gasteiger partial charge in [-0.1, -0.05) is 90.6 Å². The van der Waals surface area contributed by atoms with Crippen molar-refractivity contribution < 1.29 is 19.1 Å². The van der Waals surface area contributed by atoms with Crippen molar-refractivity contribution in [1.82, 2.24) is 5.32 Å². The Bertz CT molecular complexity index is 1240. The molecule has 1 aliphatic carbocycles. The molecule has 0 saturated heterocycles. The van der Waals surface area contributed by atoms with E-state index in [0.717, 1.165) is 27.8 Å². The molecule has 0 heterocycles. The molecule has 1 atom stereocenters. The van der Waals surface area contributed by atoms with E-state index in [1.807, 2.05) is 36.4 Å². The SMILES string of the molecule is C=CCOC(=O)[C@H](Cc1ccc(N=[N+]=[N-])cc1)NC(=O)OCC1c2ccccc2-c2ccccc21. The van der Waals surface area contributed by atoms with Gasteiger partial charge in [0.2, 0.25) is 0 Å². The third-order valence-electron chi connectivity index (χ3n) is 5.80. The first kappa shape index (κ1) is 23.6. The Morgan fingerprint density at radius 3 is 2.23 bits per heavy atom. The van der Waals surface area contributed by atoms with E-state index in [9.17, 15) is 9.59 Å². The number of rotatable bonds is 9. The highest BCUT2D eigenvalue weighted by Gasteiger charge is 2.30. The lowest BCUT2D eigenvalue weighted by atomic mass is 9.98. The van der Waals surface area contributed by atoms with Crippen LogP contribution in [-0.4, -0.2) is 31.3 Å². The molecule has 0 unspecified atom stereocenters. The predicted molar refractivity (Wildman–Crippen MR) is 132 cm³/mol. The Balaban J connectivity index is 1.44. The molecule has 8 heteroatoms. The van der Waals surface area contributed by atoms with Crippen LogP contribution >= 0.6 is 0 Å². The van der Waals surface area contributed by atoms with Crippen LogP contribution in [0.5, 0.6) is 0 Å². The molecule has 1 N–H and O–H groups in total. The number of alkyl carbamates (subject to hydrolysis) is 1. The number of carbonyl (C=O) groups is 2. The zero-order valence-electron chi connectivity index (χ0n) is 19.0. The highest BCUT2D eigenvalue weighted by atomic mass is 16.6. The molecule has 4 rings (SSSR count). The number of ether oxygens (including phenoxy) is 2. The molecular formula is C27H24N4O4. The molecule has 0 aliphatic heterocycles. The minimum absolute atomic E-state index is 0.0253. The Morgan fingerprint density at radius 1 is 1.00 bits per heavy atom. The zero-order chi connectivity index (χ0) is 24.6. The molecule has 3 aromatic rings. The highest BCUT2D eigenvalue weighted by Crippen LogP contribution is 2.44. The monoisotopic (exact) mass is 468 g/mol. The maximum Gasteiger partial charge on any atom is 0.407 e. The van der Waals surface area contributed by atoms with E-state index in [1.165, 1.54) is 6.08 Å². The number of fused-ring (bicyclic) bond motifs is 3. The van der Waals surface area contributed by atoms with E-state index >= 15 is 0 Å². The van der Waals surface area contributed by atoms with Crippen molar-refractivity contribution in [3.63, 3.8) is 0 Å². The molecular weight excluding hydrogens is 444 g/mol. The minimum atomic E-state index is -0.962. The lowest BCUT2D eigenvalue weighted by Crippen LogP contribution is -2.44. The smallest absolute Gasteiger partial charge is 0.407 e. The summed E-state index contributed by atoms with van der Waals surface area (Å²) in [6.07, 6.45) is 0.923. The van der Waals surface area contributed by atoms with E-state index in [1.54, 1.807) is 24.3 Å². The van der Waals surface area contributed by atoms with Crippen LogP contribution in [0, 0.1) is 0 Å². The summed E-state index contributed by atoms with van der Waals surface area (Å²) in [6.45, 7) is 3.70. The lowest BCUT2D eigenvalue weighted by Gasteiger charge is -2.19. The van der Waals surface area contributed by atoms with Crippen molar-refractivity contribution in [1.29, 1.82) is 0 Å². The molecule has 1 aliphatic rings. The van der Waals surface area contributed by atoms with Crippen molar-refractivity contribution in [2.24, 2.45) is 5.11 Å². The number of amides is 1. The van der Waals surface area contributed by atoms with E-state index in [2.05, 4.69) is 34.1 Å². The molecule has 0 bridgehead atoms. The quantitative estimate of drug-likeness (QED) is 0.140. The van der Waals surface area contributed by atoms with Crippen LogP contribution in [0.15, 0.2) is 90.6 Å². The second kappa shape index (κ2) is 11.0. The molecule has 3 aromatic carbocycles. The van der Waals surface area contributed by atoms with E-state index in [-0.39, 0.29) is 25.6 Å². The third-order valence-corrected chi connectivity index (χ3v) is 5.80. The predicted octanol–water partition coefficient (Wildman–Crippen LogP) is 5.81. The van der Waals surface area contributed by atoms with Gasteiger partial charge in [-0.3, -0.25) is 0 Å². The number of benzene rings is 3. The summed E-state index contributed by atoms with van der Waals surface area (Å²) in [6, 6.07) is 21.9. The Morgan fingerprint density at radius 2 is 1.63 bits per heavy atom. The number of hydrogen-bond donors (Lipinski definition) is 1. The maximum atomic E-state index is 12.7. The van der Waals surface area contributed by atoms with Gasteiger partial charge in [-0.15, -0.1) is 0 Å². The number of hydrogen-bond acceptors (Lipinski definition) is 5. The average molecular weight is 469 g/mol. The summed E-state index contributed by atoms with van der Waals surface area (Å²) in [5.41, 5.74) is 14.2. The third kappa shape index (κ3) is 5.51. The standard InChI is InChI=1S/C27H24N4O4/c1-2-15-34-26(32)25(16-18-11-13-19(14-12-18)30-31-28)29-27(33)35-17-24-22-9-5-3-7-20(22)21-8-4-6-10-23(21)24/h2-14,24-25H,1,15-17H2,(H,29,33)/t25-/m0/s1. The molecule has 0 spiro atoms. The van der Waals surface area contributed by atoms with Crippen molar-refractivity contribution >= 4 is 17.7 Å². The van der Waals surface area contributed by atoms with Gasteiger partial charge in [0.05, 0.1) is 0 Å². The fraction of sp³-hybridized carbons (Fsp3) is 0.185. The second-order valence-corrected chi connectivity index (χ2v) is 8.00.